The number of rotatable bonds is 9. The number of hydrogen-bond donors (Lipinski definition) is 1. The Labute approximate surface area is 225 Å². The van der Waals surface area contributed by atoms with Crippen molar-refractivity contribution < 1.29 is 33.6 Å². The van der Waals surface area contributed by atoms with Crippen LogP contribution < -0.4 is 18.9 Å². The molecule has 1 atom stereocenters. The van der Waals surface area contributed by atoms with Crippen LogP contribution >= 0.6 is 11.6 Å². The third-order valence-corrected chi connectivity index (χ3v) is 6.58. The maximum atomic E-state index is 13.5. The summed E-state index contributed by atoms with van der Waals surface area (Å²) in [5.74, 6) is -0.383. The van der Waals surface area contributed by atoms with Gasteiger partial charge in [-0.05, 0) is 36.8 Å². The molecule has 1 heterocycles. The predicted molar refractivity (Wildman–Crippen MR) is 143 cm³/mol. The first-order valence-corrected chi connectivity index (χ1v) is 12.3. The van der Waals surface area contributed by atoms with Crippen LogP contribution in [0.25, 0.3) is 5.76 Å². The van der Waals surface area contributed by atoms with Crippen molar-refractivity contribution in [1.29, 1.82) is 0 Å². The van der Waals surface area contributed by atoms with Gasteiger partial charge in [0.25, 0.3) is 11.7 Å². The van der Waals surface area contributed by atoms with E-state index in [0.29, 0.717) is 29.2 Å². The number of amides is 1. The summed E-state index contributed by atoms with van der Waals surface area (Å²) in [5.41, 5.74) is 1.36. The number of Topliss-reactive ketones (excluding diaryl/α,β-unsaturated/α-hetero) is 1. The number of halogens is 1. The second kappa shape index (κ2) is 11.5. The van der Waals surface area contributed by atoms with E-state index in [9.17, 15) is 14.7 Å². The van der Waals surface area contributed by atoms with E-state index in [-0.39, 0.29) is 34.2 Å². The van der Waals surface area contributed by atoms with Crippen molar-refractivity contribution in [2.45, 2.75) is 19.5 Å². The molecule has 1 unspecified atom stereocenters. The summed E-state index contributed by atoms with van der Waals surface area (Å²) >= 11 is 6.25. The molecule has 0 aliphatic carbocycles. The lowest BCUT2D eigenvalue weighted by Gasteiger charge is -2.26. The lowest BCUT2D eigenvalue weighted by atomic mass is 9.94. The summed E-state index contributed by atoms with van der Waals surface area (Å²) in [6.07, 6.45) is 0. The standard InChI is InChI=1S/C29H28ClNO7/c1-5-38-19-11-8-10-17(13-19)26-25(27(32)20-14-24(37-4)21(30)15-23(20)36-3)28(33)29(34)31(26)16-18-9-6-7-12-22(18)35-2/h6-15,26,32H,5,16H2,1-4H3/b27-25+. The molecule has 3 aromatic carbocycles. The lowest BCUT2D eigenvalue weighted by molar-refractivity contribution is -0.140. The van der Waals surface area contributed by atoms with E-state index in [1.54, 1.807) is 30.3 Å². The van der Waals surface area contributed by atoms with Crippen LogP contribution in [0.4, 0.5) is 0 Å². The first kappa shape index (κ1) is 26.9. The highest BCUT2D eigenvalue weighted by Gasteiger charge is 2.46. The number of benzene rings is 3. The van der Waals surface area contributed by atoms with Gasteiger partial charge < -0.3 is 29.0 Å². The first-order valence-electron chi connectivity index (χ1n) is 11.9. The number of ketones is 1. The van der Waals surface area contributed by atoms with Gasteiger partial charge in [0.2, 0.25) is 0 Å². The summed E-state index contributed by atoms with van der Waals surface area (Å²) in [6, 6.07) is 16.4. The summed E-state index contributed by atoms with van der Waals surface area (Å²) in [7, 11) is 4.39. The normalized spacial score (nSPS) is 16.4. The molecule has 0 spiro atoms. The van der Waals surface area contributed by atoms with Crippen molar-refractivity contribution in [2.24, 2.45) is 0 Å². The molecule has 0 saturated carbocycles. The van der Waals surface area contributed by atoms with Crippen molar-refractivity contribution >= 4 is 29.1 Å². The van der Waals surface area contributed by atoms with E-state index >= 15 is 0 Å². The molecule has 8 nitrogen and oxygen atoms in total. The van der Waals surface area contributed by atoms with Gasteiger partial charge in [0.05, 0.1) is 56.7 Å². The molecule has 1 fully saturated rings. The molecule has 4 rings (SSSR count). The van der Waals surface area contributed by atoms with E-state index in [2.05, 4.69) is 0 Å². The fourth-order valence-electron chi connectivity index (χ4n) is 4.54. The minimum Gasteiger partial charge on any atom is -0.507 e. The molecule has 0 aromatic heterocycles. The molecular formula is C29H28ClNO7. The lowest BCUT2D eigenvalue weighted by Crippen LogP contribution is -2.29. The maximum Gasteiger partial charge on any atom is 0.295 e. The van der Waals surface area contributed by atoms with Gasteiger partial charge >= 0.3 is 0 Å². The number of carbonyl (C=O) groups is 2. The van der Waals surface area contributed by atoms with Crippen molar-refractivity contribution in [3.8, 4) is 23.0 Å². The van der Waals surface area contributed by atoms with Crippen LogP contribution in [0.5, 0.6) is 23.0 Å². The summed E-state index contributed by atoms with van der Waals surface area (Å²) in [5, 5.41) is 11.8. The Morgan fingerprint density at radius 1 is 0.921 bits per heavy atom. The topological polar surface area (TPSA) is 94.5 Å². The molecule has 1 aliphatic rings. The van der Waals surface area contributed by atoms with Crippen molar-refractivity contribution in [3.05, 3.63) is 87.9 Å². The average Bonchev–Trinajstić information content (AvgIpc) is 3.18. The van der Waals surface area contributed by atoms with Crippen molar-refractivity contribution in [1.82, 2.24) is 4.90 Å². The first-order chi connectivity index (χ1) is 18.3. The Hall–Kier alpha value is -4.17. The highest BCUT2D eigenvalue weighted by atomic mass is 35.5. The number of likely N-dealkylation sites (tertiary alicyclic amines) is 1. The van der Waals surface area contributed by atoms with E-state index in [1.165, 1.54) is 38.4 Å². The van der Waals surface area contributed by atoms with Crippen LogP contribution in [0.2, 0.25) is 5.02 Å². The summed E-state index contributed by atoms with van der Waals surface area (Å²) in [4.78, 5) is 28.4. The Morgan fingerprint density at radius 2 is 1.63 bits per heavy atom. The molecule has 38 heavy (non-hydrogen) atoms. The zero-order valence-electron chi connectivity index (χ0n) is 21.5. The van der Waals surface area contributed by atoms with Gasteiger partial charge in [-0.3, -0.25) is 9.59 Å². The molecule has 1 amide bonds. The monoisotopic (exact) mass is 537 g/mol. The largest absolute Gasteiger partial charge is 0.507 e. The molecule has 9 heteroatoms. The molecule has 198 valence electrons. The van der Waals surface area contributed by atoms with Gasteiger partial charge in [0, 0.05) is 11.6 Å². The average molecular weight is 538 g/mol. The van der Waals surface area contributed by atoms with Gasteiger partial charge in [-0.2, -0.15) is 0 Å². The van der Waals surface area contributed by atoms with E-state index < -0.39 is 23.5 Å². The predicted octanol–water partition coefficient (Wildman–Crippen LogP) is 5.39. The second-order valence-electron chi connectivity index (χ2n) is 8.43. The second-order valence-corrected chi connectivity index (χ2v) is 8.84. The van der Waals surface area contributed by atoms with Crippen LogP contribution in [-0.4, -0.2) is 49.6 Å². The Bertz CT molecular complexity index is 1400. The number of ether oxygens (including phenoxy) is 4. The fraction of sp³-hybridized carbons (Fsp3) is 0.241. The van der Waals surface area contributed by atoms with Gasteiger partial charge in [0.15, 0.2) is 0 Å². The number of para-hydroxylation sites is 1. The Kier molecular flexibility index (Phi) is 8.12. The van der Waals surface area contributed by atoms with Crippen molar-refractivity contribution in [2.75, 3.05) is 27.9 Å². The number of methoxy groups -OCH3 is 3. The molecule has 0 bridgehead atoms. The minimum absolute atomic E-state index is 0.0654. The van der Waals surface area contributed by atoms with E-state index in [4.69, 9.17) is 30.5 Å². The fourth-order valence-corrected chi connectivity index (χ4v) is 4.77. The molecule has 1 aliphatic heterocycles. The van der Waals surface area contributed by atoms with Crippen molar-refractivity contribution in [3.63, 3.8) is 0 Å². The van der Waals surface area contributed by atoms with Crippen LogP contribution in [0, 0.1) is 0 Å². The third kappa shape index (κ3) is 4.99. The Balaban J connectivity index is 1.94. The third-order valence-electron chi connectivity index (χ3n) is 6.29. The molecule has 1 N–H and O–H groups in total. The van der Waals surface area contributed by atoms with Gasteiger partial charge in [0.1, 0.15) is 28.8 Å². The van der Waals surface area contributed by atoms with Gasteiger partial charge in [-0.25, -0.2) is 0 Å². The smallest absolute Gasteiger partial charge is 0.295 e. The maximum absolute atomic E-state index is 13.5. The van der Waals surface area contributed by atoms with Gasteiger partial charge in [-0.15, -0.1) is 0 Å². The number of aliphatic hydroxyl groups excluding tert-OH is 1. The number of carbonyl (C=O) groups excluding carboxylic acids is 2. The number of hydrogen-bond acceptors (Lipinski definition) is 7. The molecule has 1 saturated heterocycles. The molecule has 0 radical (unpaired) electrons. The highest BCUT2D eigenvalue weighted by Crippen LogP contribution is 2.44. The summed E-state index contributed by atoms with van der Waals surface area (Å²) in [6.45, 7) is 2.36. The molecule has 3 aromatic rings. The van der Waals surface area contributed by atoms with Gasteiger partial charge in [-0.1, -0.05) is 41.9 Å². The van der Waals surface area contributed by atoms with Crippen LogP contribution in [-0.2, 0) is 16.1 Å². The highest BCUT2D eigenvalue weighted by molar-refractivity contribution is 6.46. The van der Waals surface area contributed by atoms with Crippen LogP contribution in [0.15, 0.2) is 66.2 Å². The van der Waals surface area contributed by atoms with Crippen LogP contribution in [0.1, 0.15) is 29.7 Å². The zero-order valence-corrected chi connectivity index (χ0v) is 22.2. The Morgan fingerprint density at radius 3 is 2.32 bits per heavy atom. The molecular weight excluding hydrogens is 510 g/mol. The SMILES string of the molecule is CCOc1cccc(C2/C(=C(\O)c3cc(OC)c(Cl)cc3OC)C(=O)C(=O)N2Cc2ccccc2OC)c1. The number of aliphatic hydroxyl groups is 1. The van der Waals surface area contributed by atoms with E-state index in [0.717, 1.165) is 0 Å². The minimum atomic E-state index is -0.924. The zero-order chi connectivity index (χ0) is 27.4. The summed E-state index contributed by atoms with van der Waals surface area (Å²) < 4.78 is 21.9. The van der Waals surface area contributed by atoms with Crippen LogP contribution in [0.3, 0.4) is 0 Å². The number of nitrogens with zero attached hydrogens (tertiary/aromatic N) is 1. The quantitative estimate of drug-likeness (QED) is 0.222. The van der Waals surface area contributed by atoms with E-state index in [1.807, 2.05) is 25.1 Å².